The highest BCUT2D eigenvalue weighted by Gasteiger charge is 2.55. The van der Waals surface area contributed by atoms with Gasteiger partial charge in [-0.15, -0.1) is 0 Å². The van der Waals surface area contributed by atoms with Crippen LogP contribution in [-0.4, -0.2) is 17.5 Å². The lowest BCUT2D eigenvalue weighted by atomic mass is 9.49. The Kier molecular flexibility index (Phi) is 3.71. The number of hydrogen-bond acceptors (Lipinski definition) is 2. The molecule has 0 radical (unpaired) electrons. The molecule has 2 nitrogen and oxygen atoms in total. The summed E-state index contributed by atoms with van der Waals surface area (Å²) in [6.45, 7) is 2.80. The molecule has 122 valence electrons. The fourth-order valence-corrected chi connectivity index (χ4v) is 7.04. The van der Waals surface area contributed by atoms with Crippen molar-refractivity contribution in [1.29, 1.82) is 0 Å². The monoisotopic (exact) mass is 302 g/mol. The zero-order chi connectivity index (χ0) is 15.3. The molecule has 0 spiro atoms. The van der Waals surface area contributed by atoms with Crippen LogP contribution in [0.1, 0.15) is 64.7 Å². The van der Waals surface area contributed by atoms with Crippen molar-refractivity contribution in [1.82, 2.24) is 0 Å². The number of aliphatic hydroxyl groups excluding tert-OH is 1. The molecule has 0 aliphatic heterocycles. The van der Waals surface area contributed by atoms with Crippen LogP contribution in [-0.2, 0) is 4.79 Å². The van der Waals surface area contributed by atoms with E-state index < -0.39 is 0 Å². The van der Waals surface area contributed by atoms with Crippen LogP contribution in [0.2, 0.25) is 0 Å². The van der Waals surface area contributed by atoms with E-state index in [1.54, 1.807) is 0 Å². The van der Waals surface area contributed by atoms with Gasteiger partial charge in [0, 0.05) is 13.0 Å². The molecule has 3 saturated carbocycles. The maximum Gasteiger partial charge on any atom is 0.155 e. The third kappa shape index (κ3) is 2.13. The first-order valence-electron chi connectivity index (χ1n) is 9.49. The zero-order valence-electron chi connectivity index (χ0n) is 13.9. The molecular weight excluding hydrogens is 272 g/mol. The molecular formula is C20H30O2. The fraction of sp³-hybridized carbons (Fsp3) is 0.850. The van der Waals surface area contributed by atoms with Gasteiger partial charge in [0.1, 0.15) is 0 Å². The fourth-order valence-electron chi connectivity index (χ4n) is 7.04. The Morgan fingerprint density at radius 3 is 2.95 bits per heavy atom. The largest absolute Gasteiger partial charge is 0.396 e. The second kappa shape index (κ2) is 5.47. The van der Waals surface area contributed by atoms with Crippen LogP contribution in [0, 0.1) is 35.0 Å². The molecule has 4 aliphatic carbocycles. The average Bonchev–Trinajstić information content (AvgIpc) is 2.90. The van der Waals surface area contributed by atoms with E-state index in [0.29, 0.717) is 23.7 Å². The SMILES string of the molecule is CC1CC2=CC(=O)CC[C@@H]2[C@H]2CC[C@]3(CCO)CCC[C@H]3[C@H]12. The van der Waals surface area contributed by atoms with Gasteiger partial charge in [0.15, 0.2) is 5.78 Å². The molecule has 0 aromatic carbocycles. The van der Waals surface area contributed by atoms with Crippen LogP contribution in [0.25, 0.3) is 0 Å². The standard InChI is InChI=1S/C20H30O2/c1-13-11-14-12-15(22)4-5-16(14)17-6-8-20(9-10-21)7-2-3-18(20)19(13)17/h12-13,16-19,21H,2-11H2,1H3/t13?,16-,17+,18-,19+,20-/m0/s1. The van der Waals surface area contributed by atoms with Gasteiger partial charge in [0.05, 0.1) is 0 Å². The van der Waals surface area contributed by atoms with Crippen LogP contribution in [0.4, 0.5) is 0 Å². The van der Waals surface area contributed by atoms with Crippen LogP contribution in [0.5, 0.6) is 0 Å². The molecule has 0 amide bonds. The number of hydrogen-bond donors (Lipinski definition) is 1. The number of carbonyl (C=O) groups is 1. The highest BCUT2D eigenvalue weighted by atomic mass is 16.3. The zero-order valence-corrected chi connectivity index (χ0v) is 13.9. The maximum absolute atomic E-state index is 11.8. The summed E-state index contributed by atoms with van der Waals surface area (Å²) in [5.41, 5.74) is 1.94. The van der Waals surface area contributed by atoms with E-state index in [1.165, 1.54) is 37.7 Å². The Morgan fingerprint density at radius 2 is 2.14 bits per heavy atom. The maximum atomic E-state index is 11.8. The van der Waals surface area contributed by atoms with Crippen LogP contribution in [0.15, 0.2) is 11.6 Å². The van der Waals surface area contributed by atoms with Crippen LogP contribution < -0.4 is 0 Å². The summed E-state index contributed by atoms with van der Waals surface area (Å²) in [5.74, 6) is 4.29. The van der Waals surface area contributed by atoms with Gasteiger partial charge < -0.3 is 5.11 Å². The molecule has 0 aromatic rings. The molecule has 6 atom stereocenters. The lowest BCUT2D eigenvalue weighted by Crippen LogP contribution is -2.49. The number of rotatable bonds is 2. The molecule has 0 heterocycles. The molecule has 4 rings (SSSR count). The first kappa shape index (κ1) is 14.9. The average molecular weight is 302 g/mol. The Bertz CT molecular complexity index is 494. The summed E-state index contributed by atoms with van der Waals surface area (Å²) in [4.78, 5) is 11.8. The minimum atomic E-state index is 0.364. The second-order valence-electron chi connectivity index (χ2n) is 8.63. The Labute approximate surface area is 134 Å². The molecule has 1 N–H and O–H groups in total. The number of ketones is 1. The van der Waals surface area contributed by atoms with Crippen LogP contribution >= 0.6 is 0 Å². The van der Waals surface area contributed by atoms with Gasteiger partial charge in [-0.1, -0.05) is 18.9 Å². The molecule has 0 bridgehead atoms. The van der Waals surface area contributed by atoms with Gasteiger partial charge in [-0.25, -0.2) is 0 Å². The molecule has 4 aliphatic rings. The Hall–Kier alpha value is -0.630. The van der Waals surface area contributed by atoms with Crippen LogP contribution in [0.3, 0.4) is 0 Å². The van der Waals surface area contributed by atoms with Gasteiger partial charge in [0.25, 0.3) is 0 Å². The third-order valence-electron chi connectivity index (χ3n) is 7.78. The first-order valence-corrected chi connectivity index (χ1v) is 9.49. The third-order valence-corrected chi connectivity index (χ3v) is 7.78. The summed E-state index contributed by atoms with van der Waals surface area (Å²) in [6.07, 6.45) is 12.8. The van der Waals surface area contributed by atoms with E-state index in [9.17, 15) is 9.90 Å². The predicted octanol–water partition coefficient (Wildman–Crippen LogP) is 4.13. The molecule has 0 aromatic heterocycles. The molecule has 2 heteroatoms. The van der Waals surface area contributed by atoms with Crippen molar-refractivity contribution in [3.63, 3.8) is 0 Å². The topological polar surface area (TPSA) is 37.3 Å². The van der Waals surface area contributed by atoms with Crippen molar-refractivity contribution in [2.24, 2.45) is 35.0 Å². The summed E-state index contributed by atoms with van der Waals surface area (Å²) >= 11 is 0. The lowest BCUT2D eigenvalue weighted by molar-refractivity contribution is -0.116. The van der Waals surface area contributed by atoms with E-state index in [1.807, 2.05) is 6.08 Å². The van der Waals surface area contributed by atoms with Gasteiger partial charge in [-0.05, 0) is 86.0 Å². The quantitative estimate of drug-likeness (QED) is 0.833. The molecule has 1 unspecified atom stereocenters. The Balaban J connectivity index is 1.65. The normalized spacial score (nSPS) is 47.5. The van der Waals surface area contributed by atoms with E-state index in [0.717, 1.165) is 49.4 Å². The summed E-state index contributed by atoms with van der Waals surface area (Å²) < 4.78 is 0. The minimum absolute atomic E-state index is 0.364. The van der Waals surface area contributed by atoms with Gasteiger partial charge in [-0.2, -0.15) is 0 Å². The number of carbonyl (C=O) groups excluding carboxylic acids is 1. The van der Waals surface area contributed by atoms with Gasteiger partial charge in [0.2, 0.25) is 0 Å². The summed E-state index contributed by atoms with van der Waals surface area (Å²) in [7, 11) is 0. The summed E-state index contributed by atoms with van der Waals surface area (Å²) in [6, 6.07) is 0. The van der Waals surface area contributed by atoms with E-state index in [2.05, 4.69) is 6.92 Å². The van der Waals surface area contributed by atoms with Gasteiger partial charge >= 0.3 is 0 Å². The van der Waals surface area contributed by atoms with Crippen molar-refractivity contribution in [2.45, 2.75) is 64.7 Å². The van der Waals surface area contributed by atoms with E-state index in [4.69, 9.17) is 0 Å². The molecule has 0 saturated heterocycles. The first-order chi connectivity index (χ1) is 10.6. The van der Waals surface area contributed by atoms with Crippen molar-refractivity contribution >= 4 is 5.78 Å². The smallest absolute Gasteiger partial charge is 0.155 e. The second-order valence-corrected chi connectivity index (χ2v) is 8.63. The van der Waals surface area contributed by atoms with Crippen molar-refractivity contribution in [3.05, 3.63) is 11.6 Å². The lowest BCUT2D eigenvalue weighted by Gasteiger charge is -2.56. The number of fused-ring (bicyclic) bond motifs is 5. The highest BCUT2D eigenvalue weighted by Crippen LogP contribution is 2.64. The van der Waals surface area contributed by atoms with E-state index >= 15 is 0 Å². The van der Waals surface area contributed by atoms with E-state index in [-0.39, 0.29) is 0 Å². The summed E-state index contributed by atoms with van der Waals surface area (Å²) in [5, 5.41) is 9.59. The van der Waals surface area contributed by atoms with Gasteiger partial charge in [-0.3, -0.25) is 4.79 Å². The highest BCUT2D eigenvalue weighted by molar-refractivity contribution is 5.91. The number of allylic oxidation sites excluding steroid dienone is 1. The molecule has 3 fully saturated rings. The Morgan fingerprint density at radius 1 is 1.27 bits per heavy atom. The van der Waals surface area contributed by atoms with Crippen molar-refractivity contribution in [2.75, 3.05) is 6.61 Å². The number of aliphatic hydroxyl groups is 1. The predicted molar refractivity (Wildman–Crippen MR) is 87.3 cm³/mol. The van der Waals surface area contributed by atoms with Crippen molar-refractivity contribution < 1.29 is 9.90 Å². The molecule has 22 heavy (non-hydrogen) atoms. The van der Waals surface area contributed by atoms with Crippen molar-refractivity contribution in [3.8, 4) is 0 Å². The minimum Gasteiger partial charge on any atom is -0.396 e.